The normalized spacial score (nSPS) is 22.9. The Kier molecular flexibility index (Phi) is 4.27. The summed E-state index contributed by atoms with van der Waals surface area (Å²) in [5.74, 6) is -1.25. The summed E-state index contributed by atoms with van der Waals surface area (Å²) < 4.78 is 5.15. The Morgan fingerprint density at radius 3 is 2.89 bits per heavy atom. The minimum absolute atomic E-state index is 0.240. The van der Waals surface area contributed by atoms with Gasteiger partial charge in [-0.2, -0.15) is 0 Å². The van der Waals surface area contributed by atoms with Crippen LogP contribution in [0.15, 0.2) is 11.6 Å². The molecule has 1 amide bonds. The molecule has 18 heavy (non-hydrogen) atoms. The fraction of sp³-hybridized carbons (Fsp3) is 0.545. The zero-order valence-corrected chi connectivity index (χ0v) is 10.5. The second-order valence-corrected chi connectivity index (χ2v) is 4.97. The first-order chi connectivity index (χ1) is 8.66. The lowest BCUT2D eigenvalue weighted by Crippen LogP contribution is -2.36. The number of aromatic nitrogens is 1. The first kappa shape index (κ1) is 13.0. The van der Waals surface area contributed by atoms with Gasteiger partial charge in [-0.05, 0) is 12.8 Å². The summed E-state index contributed by atoms with van der Waals surface area (Å²) in [5, 5.41) is 14.3. The van der Waals surface area contributed by atoms with Gasteiger partial charge in [0.1, 0.15) is 6.10 Å². The maximum absolute atomic E-state index is 11.7. The lowest BCUT2D eigenvalue weighted by atomic mass is 10.2. The van der Waals surface area contributed by atoms with Gasteiger partial charge in [0.15, 0.2) is 6.10 Å². The lowest BCUT2D eigenvalue weighted by molar-refractivity contribution is -0.151. The second-order valence-electron chi connectivity index (χ2n) is 4.00. The predicted molar refractivity (Wildman–Crippen MR) is 64.4 cm³/mol. The quantitative estimate of drug-likeness (QED) is 0.810. The smallest absolute Gasteiger partial charge is 0.332 e. The number of carboxylic acid groups (broad SMARTS) is 1. The Labute approximate surface area is 108 Å². The maximum Gasteiger partial charge on any atom is 0.332 e. The van der Waals surface area contributed by atoms with E-state index < -0.39 is 18.2 Å². The van der Waals surface area contributed by atoms with Crippen LogP contribution in [-0.4, -0.2) is 40.7 Å². The molecule has 2 heterocycles. The number of ether oxygens (including phenoxy) is 1. The van der Waals surface area contributed by atoms with Gasteiger partial charge < -0.3 is 15.2 Å². The molecule has 0 radical (unpaired) electrons. The van der Waals surface area contributed by atoms with E-state index in [0.29, 0.717) is 25.8 Å². The fourth-order valence-electron chi connectivity index (χ4n) is 1.79. The summed E-state index contributed by atoms with van der Waals surface area (Å²) in [6.45, 7) is 0.490. The average Bonchev–Trinajstić information content (AvgIpc) is 2.99. The van der Waals surface area contributed by atoms with Crippen LogP contribution in [0.3, 0.4) is 0 Å². The number of amides is 1. The molecule has 2 atom stereocenters. The number of carbonyl (C=O) groups is 2. The molecule has 0 bridgehead atoms. The summed E-state index contributed by atoms with van der Waals surface area (Å²) >= 11 is 1.54. The van der Waals surface area contributed by atoms with Gasteiger partial charge in [-0.1, -0.05) is 0 Å². The molecule has 7 heteroatoms. The zero-order valence-electron chi connectivity index (χ0n) is 9.67. The molecule has 1 aliphatic rings. The molecule has 2 unspecified atom stereocenters. The number of nitrogens with zero attached hydrogens (tertiary/aromatic N) is 1. The molecule has 1 aromatic heterocycles. The third-order valence-electron chi connectivity index (χ3n) is 2.71. The zero-order chi connectivity index (χ0) is 13.0. The van der Waals surface area contributed by atoms with Crippen molar-refractivity contribution in [2.24, 2.45) is 0 Å². The number of hydrogen-bond donors (Lipinski definition) is 2. The van der Waals surface area contributed by atoms with Crippen molar-refractivity contribution >= 4 is 23.2 Å². The van der Waals surface area contributed by atoms with E-state index in [0.717, 1.165) is 5.01 Å². The standard InChI is InChI=1S/C11H14N2O4S/c14-10(7-1-2-8(17-7)11(15)16)13-4-3-9-12-5-6-18-9/h5-8H,1-4H2,(H,13,14)(H,15,16). The van der Waals surface area contributed by atoms with E-state index in [1.54, 1.807) is 6.20 Å². The van der Waals surface area contributed by atoms with Crippen LogP contribution in [-0.2, 0) is 20.7 Å². The number of thiazole rings is 1. The number of rotatable bonds is 5. The van der Waals surface area contributed by atoms with E-state index >= 15 is 0 Å². The fourth-order valence-corrected chi connectivity index (χ4v) is 2.42. The molecule has 2 rings (SSSR count). The Hall–Kier alpha value is -1.47. The Balaban J connectivity index is 1.71. The van der Waals surface area contributed by atoms with Crippen molar-refractivity contribution < 1.29 is 19.4 Å². The lowest BCUT2D eigenvalue weighted by Gasteiger charge is -2.11. The highest BCUT2D eigenvalue weighted by Gasteiger charge is 2.34. The van der Waals surface area contributed by atoms with Gasteiger partial charge in [0.25, 0.3) is 0 Å². The molecule has 6 nitrogen and oxygen atoms in total. The van der Waals surface area contributed by atoms with Crippen molar-refractivity contribution in [2.45, 2.75) is 31.5 Å². The minimum Gasteiger partial charge on any atom is -0.479 e. The summed E-state index contributed by atoms with van der Waals surface area (Å²) in [6, 6.07) is 0. The summed E-state index contributed by atoms with van der Waals surface area (Å²) in [4.78, 5) is 26.5. The van der Waals surface area contributed by atoms with E-state index in [1.807, 2.05) is 5.38 Å². The van der Waals surface area contributed by atoms with Crippen molar-refractivity contribution in [3.63, 3.8) is 0 Å². The predicted octanol–water partition coefficient (Wildman–Crippen LogP) is 0.434. The van der Waals surface area contributed by atoms with E-state index in [-0.39, 0.29) is 5.91 Å². The Bertz CT molecular complexity index is 421. The van der Waals surface area contributed by atoms with Crippen molar-refractivity contribution in [3.8, 4) is 0 Å². The monoisotopic (exact) mass is 270 g/mol. The first-order valence-corrected chi connectivity index (χ1v) is 6.59. The van der Waals surface area contributed by atoms with Gasteiger partial charge in [0.2, 0.25) is 5.91 Å². The van der Waals surface area contributed by atoms with Gasteiger partial charge in [0.05, 0.1) is 5.01 Å². The van der Waals surface area contributed by atoms with Gasteiger partial charge in [-0.15, -0.1) is 11.3 Å². The molecular formula is C11H14N2O4S. The van der Waals surface area contributed by atoms with Gasteiger partial charge >= 0.3 is 5.97 Å². The molecule has 0 saturated carbocycles. The third kappa shape index (κ3) is 3.27. The molecule has 1 aliphatic heterocycles. The highest BCUT2D eigenvalue weighted by Crippen LogP contribution is 2.19. The molecule has 2 N–H and O–H groups in total. The van der Waals surface area contributed by atoms with Gasteiger partial charge in [-0.25, -0.2) is 9.78 Å². The summed E-state index contributed by atoms with van der Waals surface area (Å²) in [7, 11) is 0. The molecule has 98 valence electrons. The van der Waals surface area contributed by atoms with Gasteiger partial charge in [-0.3, -0.25) is 4.79 Å². The van der Waals surface area contributed by atoms with Crippen LogP contribution in [0, 0.1) is 0 Å². The molecule has 1 saturated heterocycles. The van der Waals surface area contributed by atoms with Crippen molar-refractivity contribution in [2.75, 3.05) is 6.54 Å². The van der Waals surface area contributed by atoms with Crippen molar-refractivity contribution in [1.82, 2.24) is 10.3 Å². The highest BCUT2D eigenvalue weighted by molar-refractivity contribution is 7.09. The van der Waals surface area contributed by atoms with E-state index in [1.165, 1.54) is 11.3 Å². The number of aliphatic carboxylic acids is 1. The Morgan fingerprint density at radius 2 is 2.28 bits per heavy atom. The number of carboxylic acids is 1. The molecule has 0 aliphatic carbocycles. The molecule has 0 spiro atoms. The maximum atomic E-state index is 11.7. The molecule has 0 aromatic carbocycles. The first-order valence-electron chi connectivity index (χ1n) is 5.71. The van der Waals surface area contributed by atoms with Crippen LogP contribution >= 0.6 is 11.3 Å². The largest absolute Gasteiger partial charge is 0.479 e. The van der Waals surface area contributed by atoms with Crippen LogP contribution in [0.25, 0.3) is 0 Å². The summed E-state index contributed by atoms with van der Waals surface area (Å²) in [6.07, 6.45) is 1.76. The average molecular weight is 270 g/mol. The van der Waals surface area contributed by atoms with Crippen LogP contribution in [0.1, 0.15) is 17.8 Å². The number of nitrogens with one attached hydrogen (secondary N) is 1. The number of hydrogen-bond acceptors (Lipinski definition) is 5. The number of carbonyl (C=O) groups excluding carboxylic acids is 1. The minimum atomic E-state index is -1.01. The van der Waals surface area contributed by atoms with Crippen LogP contribution in [0.2, 0.25) is 0 Å². The molecule has 1 fully saturated rings. The third-order valence-corrected chi connectivity index (χ3v) is 3.55. The SMILES string of the molecule is O=C(O)C1CCC(C(=O)NCCc2nccs2)O1. The van der Waals surface area contributed by atoms with Crippen molar-refractivity contribution in [3.05, 3.63) is 16.6 Å². The highest BCUT2D eigenvalue weighted by atomic mass is 32.1. The van der Waals surface area contributed by atoms with E-state index in [2.05, 4.69) is 10.3 Å². The molecular weight excluding hydrogens is 256 g/mol. The molecule has 1 aromatic rings. The van der Waals surface area contributed by atoms with Gasteiger partial charge in [0, 0.05) is 24.5 Å². The van der Waals surface area contributed by atoms with E-state index in [9.17, 15) is 9.59 Å². The van der Waals surface area contributed by atoms with E-state index in [4.69, 9.17) is 9.84 Å². The van der Waals surface area contributed by atoms with Crippen LogP contribution in [0.5, 0.6) is 0 Å². The van der Waals surface area contributed by atoms with Crippen molar-refractivity contribution in [1.29, 1.82) is 0 Å². The topological polar surface area (TPSA) is 88.5 Å². The second kappa shape index (κ2) is 5.92. The van der Waals surface area contributed by atoms with Crippen LogP contribution in [0.4, 0.5) is 0 Å². The Morgan fingerprint density at radius 1 is 1.50 bits per heavy atom. The summed E-state index contributed by atoms with van der Waals surface area (Å²) in [5.41, 5.74) is 0. The van der Waals surface area contributed by atoms with Crippen LogP contribution < -0.4 is 5.32 Å².